The quantitative estimate of drug-likeness (QED) is 0.759. The van der Waals surface area contributed by atoms with E-state index in [4.69, 9.17) is 0 Å². The number of carbonyl (C=O) groups is 2. The molecule has 23 heavy (non-hydrogen) atoms. The van der Waals surface area contributed by atoms with Gasteiger partial charge in [0, 0.05) is 23.5 Å². The number of halogens is 1. The molecule has 0 saturated carbocycles. The predicted octanol–water partition coefficient (Wildman–Crippen LogP) is 1.90. The molecule has 1 aromatic heterocycles. The molecule has 1 aliphatic rings. The number of benzene rings is 1. The van der Waals surface area contributed by atoms with E-state index >= 15 is 0 Å². The van der Waals surface area contributed by atoms with Crippen LogP contribution in [0.4, 0.5) is 0 Å². The number of nitrogens with one attached hydrogen (secondary N) is 1. The van der Waals surface area contributed by atoms with E-state index in [0.717, 1.165) is 15.6 Å². The maximum absolute atomic E-state index is 12.4. The number of aliphatic carboxylic acids is 1. The largest absolute Gasteiger partial charge is 0.505 e. The highest BCUT2D eigenvalue weighted by Gasteiger charge is 2.46. The van der Waals surface area contributed by atoms with Crippen molar-refractivity contribution in [1.82, 2.24) is 10.3 Å². The molecule has 1 unspecified atom stereocenters. The molecule has 1 atom stereocenters. The molecule has 0 saturated heterocycles. The highest BCUT2D eigenvalue weighted by molar-refractivity contribution is 9.10. The average molecular weight is 377 g/mol. The maximum Gasteiger partial charge on any atom is 0.330 e. The van der Waals surface area contributed by atoms with Crippen LogP contribution in [0.15, 0.2) is 41.0 Å². The van der Waals surface area contributed by atoms with Crippen molar-refractivity contribution in [2.45, 2.75) is 18.4 Å². The van der Waals surface area contributed by atoms with Crippen LogP contribution in [-0.2, 0) is 17.6 Å². The zero-order valence-electron chi connectivity index (χ0n) is 11.9. The molecule has 3 N–H and O–H groups in total. The van der Waals surface area contributed by atoms with Gasteiger partial charge < -0.3 is 15.5 Å². The van der Waals surface area contributed by atoms with E-state index in [1.807, 2.05) is 18.2 Å². The molecule has 0 spiro atoms. The molecule has 7 heteroatoms. The van der Waals surface area contributed by atoms with Gasteiger partial charge in [-0.2, -0.15) is 0 Å². The topological polar surface area (TPSA) is 99.5 Å². The highest BCUT2D eigenvalue weighted by Crippen LogP contribution is 2.35. The van der Waals surface area contributed by atoms with Gasteiger partial charge in [-0.05, 0) is 29.3 Å². The minimum atomic E-state index is -1.45. The van der Waals surface area contributed by atoms with Crippen molar-refractivity contribution in [3.05, 3.63) is 57.8 Å². The van der Waals surface area contributed by atoms with Crippen molar-refractivity contribution >= 4 is 27.8 Å². The van der Waals surface area contributed by atoms with Gasteiger partial charge in [0.25, 0.3) is 5.91 Å². The summed E-state index contributed by atoms with van der Waals surface area (Å²) in [6, 6.07) is 8.32. The van der Waals surface area contributed by atoms with E-state index in [2.05, 4.69) is 26.2 Å². The lowest BCUT2D eigenvalue weighted by atomic mass is 9.95. The van der Waals surface area contributed by atoms with Crippen LogP contribution in [0.25, 0.3) is 0 Å². The van der Waals surface area contributed by atoms with E-state index in [1.165, 1.54) is 18.3 Å². The van der Waals surface area contributed by atoms with Crippen molar-refractivity contribution in [3.63, 3.8) is 0 Å². The molecule has 0 aliphatic heterocycles. The zero-order valence-corrected chi connectivity index (χ0v) is 13.5. The standard InChI is InChI=1S/C16H13BrN2O4/c17-11-4-1-3-9-7-16(15(22)23,8-10(9)11)19-14(21)13-12(20)5-2-6-18-13/h1-6,20H,7-8H2,(H,19,21)(H,22,23). The number of pyridine rings is 1. The first-order valence-electron chi connectivity index (χ1n) is 6.89. The minimum Gasteiger partial charge on any atom is -0.505 e. The van der Waals surface area contributed by atoms with Crippen LogP contribution in [0.1, 0.15) is 21.6 Å². The fourth-order valence-corrected chi connectivity index (χ4v) is 3.35. The van der Waals surface area contributed by atoms with E-state index in [1.54, 1.807) is 0 Å². The van der Waals surface area contributed by atoms with Crippen molar-refractivity contribution in [2.75, 3.05) is 0 Å². The first kappa shape index (κ1) is 15.5. The second-order valence-corrected chi connectivity index (χ2v) is 6.30. The van der Waals surface area contributed by atoms with Gasteiger partial charge in [0.05, 0.1) is 0 Å². The Hall–Kier alpha value is -2.41. The fourth-order valence-electron chi connectivity index (χ4n) is 2.80. The Morgan fingerprint density at radius 3 is 2.65 bits per heavy atom. The Balaban J connectivity index is 1.93. The van der Waals surface area contributed by atoms with E-state index < -0.39 is 17.4 Å². The van der Waals surface area contributed by atoms with Gasteiger partial charge in [0.2, 0.25) is 0 Å². The fraction of sp³-hybridized carbons (Fsp3) is 0.188. The molecule has 1 aromatic carbocycles. The second-order valence-electron chi connectivity index (χ2n) is 5.44. The molecule has 1 amide bonds. The Kier molecular flexibility index (Phi) is 3.81. The predicted molar refractivity (Wildman–Crippen MR) is 85.3 cm³/mol. The van der Waals surface area contributed by atoms with E-state index in [-0.39, 0.29) is 24.3 Å². The lowest BCUT2D eigenvalue weighted by molar-refractivity contribution is -0.144. The number of rotatable bonds is 3. The number of amides is 1. The SMILES string of the molecule is O=C(NC1(C(=O)O)Cc2cccc(Br)c2C1)c1ncccc1O. The summed E-state index contributed by atoms with van der Waals surface area (Å²) in [5, 5.41) is 21.9. The van der Waals surface area contributed by atoms with E-state index in [0.29, 0.717) is 0 Å². The van der Waals surface area contributed by atoms with Gasteiger partial charge >= 0.3 is 5.97 Å². The van der Waals surface area contributed by atoms with Gasteiger partial charge in [0.15, 0.2) is 5.69 Å². The molecule has 0 radical (unpaired) electrons. The number of fused-ring (bicyclic) bond motifs is 1. The first-order valence-corrected chi connectivity index (χ1v) is 7.68. The number of carboxylic acid groups (broad SMARTS) is 1. The summed E-state index contributed by atoms with van der Waals surface area (Å²) in [4.78, 5) is 28.0. The third-order valence-corrected chi connectivity index (χ3v) is 4.69. The number of hydrogen-bond donors (Lipinski definition) is 3. The molecular weight excluding hydrogens is 364 g/mol. The zero-order chi connectivity index (χ0) is 16.6. The van der Waals surface area contributed by atoms with Gasteiger partial charge in [-0.1, -0.05) is 28.1 Å². The van der Waals surface area contributed by atoms with Crippen molar-refractivity contribution in [3.8, 4) is 5.75 Å². The molecule has 0 fully saturated rings. The minimum absolute atomic E-state index is 0.165. The third kappa shape index (κ3) is 2.68. The van der Waals surface area contributed by atoms with Gasteiger partial charge in [-0.3, -0.25) is 4.79 Å². The van der Waals surface area contributed by atoms with E-state index in [9.17, 15) is 19.8 Å². The summed E-state index contributed by atoms with van der Waals surface area (Å²) < 4.78 is 0.813. The molecule has 1 aliphatic carbocycles. The summed E-state index contributed by atoms with van der Waals surface area (Å²) in [6.45, 7) is 0. The van der Waals surface area contributed by atoms with Crippen molar-refractivity contribution in [2.24, 2.45) is 0 Å². The molecular formula is C16H13BrN2O4. The molecule has 6 nitrogen and oxygen atoms in total. The van der Waals surface area contributed by atoms with Gasteiger partial charge in [-0.15, -0.1) is 0 Å². The smallest absolute Gasteiger partial charge is 0.330 e. The summed E-state index contributed by atoms with van der Waals surface area (Å²) in [5.74, 6) is -2.12. The number of carboxylic acids is 1. The maximum atomic E-state index is 12.4. The van der Waals surface area contributed by atoms with Gasteiger partial charge in [0.1, 0.15) is 11.3 Å². The number of nitrogens with zero attached hydrogens (tertiary/aromatic N) is 1. The average Bonchev–Trinajstić information content (AvgIpc) is 2.89. The molecule has 3 rings (SSSR count). The number of hydrogen-bond acceptors (Lipinski definition) is 4. The summed E-state index contributed by atoms with van der Waals surface area (Å²) in [7, 11) is 0. The lowest BCUT2D eigenvalue weighted by Crippen LogP contribution is -2.55. The van der Waals surface area contributed by atoms with Crippen LogP contribution >= 0.6 is 15.9 Å². The van der Waals surface area contributed by atoms with Crippen molar-refractivity contribution in [1.29, 1.82) is 0 Å². The van der Waals surface area contributed by atoms with Crippen LogP contribution in [-0.4, -0.2) is 32.6 Å². The Labute approximate surface area is 140 Å². The van der Waals surface area contributed by atoms with Gasteiger partial charge in [-0.25, -0.2) is 9.78 Å². The Morgan fingerprint density at radius 2 is 2.00 bits per heavy atom. The number of aromatic hydroxyl groups is 1. The molecule has 1 heterocycles. The summed E-state index contributed by atoms with van der Waals surface area (Å²) in [6.07, 6.45) is 1.71. The van der Waals surface area contributed by atoms with Crippen LogP contribution in [0.2, 0.25) is 0 Å². The monoisotopic (exact) mass is 376 g/mol. The number of aromatic nitrogens is 1. The highest BCUT2D eigenvalue weighted by atomic mass is 79.9. The summed E-state index contributed by atoms with van der Waals surface area (Å²) >= 11 is 3.41. The van der Waals surface area contributed by atoms with Crippen molar-refractivity contribution < 1.29 is 19.8 Å². The van der Waals surface area contributed by atoms with Crippen LogP contribution in [0, 0.1) is 0 Å². The van der Waals surface area contributed by atoms with Crippen LogP contribution in [0.5, 0.6) is 5.75 Å². The third-order valence-electron chi connectivity index (χ3n) is 3.95. The molecule has 2 aromatic rings. The number of carbonyl (C=O) groups excluding carboxylic acids is 1. The Morgan fingerprint density at radius 1 is 1.22 bits per heavy atom. The van der Waals surface area contributed by atoms with Crippen LogP contribution in [0.3, 0.4) is 0 Å². The Bertz CT molecular complexity index is 808. The molecule has 0 bridgehead atoms. The van der Waals surface area contributed by atoms with Crippen LogP contribution < -0.4 is 5.32 Å². The summed E-state index contributed by atoms with van der Waals surface area (Å²) in [5.41, 5.74) is 0.0867. The molecule has 118 valence electrons. The first-order chi connectivity index (χ1) is 10.9. The lowest BCUT2D eigenvalue weighted by Gasteiger charge is -2.25. The second kappa shape index (κ2) is 5.66. The normalized spacial score (nSPS) is 19.2.